The van der Waals surface area contributed by atoms with Gasteiger partial charge < -0.3 is 5.73 Å². The van der Waals surface area contributed by atoms with E-state index in [9.17, 15) is 0 Å². The molecule has 2 N–H and O–H groups in total. The summed E-state index contributed by atoms with van der Waals surface area (Å²) in [4.78, 5) is 4.00. The Labute approximate surface area is 49.1 Å². The van der Waals surface area contributed by atoms with E-state index in [1.54, 1.807) is 6.21 Å². The summed E-state index contributed by atoms with van der Waals surface area (Å²) < 4.78 is 0. The molecule has 1 atom stereocenters. The highest BCUT2D eigenvalue weighted by Gasteiger charge is 2.15. The number of rotatable bonds is 0. The highest BCUT2D eigenvalue weighted by molar-refractivity contribution is 5.76. The molecule has 8 heavy (non-hydrogen) atoms. The largest absolute Gasteiger partial charge is 0.318 e. The average molecular weight is 110 g/mol. The van der Waals surface area contributed by atoms with E-state index in [2.05, 4.69) is 4.99 Å². The van der Waals surface area contributed by atoms with Crippen molar-refractivity contribution in [1.29, 1.82) is 0 Å². The van der Waals surface area contributed by atoms with E-state index < -0.39 is 0 Å². The summed E-state index contributed by atoms with van der Waals surface area (Å²) in [5.41, 5.74) is 6.36. The van der Waals surface area contributed by atoms with E-state index >= 15 is 0 Å². The van der Waals surface area contributed by atoms with E-state index in [0.29, 0.717) is 0 Å². The first-order valence-corrected chi connectivity index (χ1v) is 2.64. The van der Waals surface area contributed by atoms with Crippen LogP contribution >= 0.6 is 0 Å². The summed E-state index contributed by atoms with van der Waals surface area (Å²) in [6.45, 7) is 3.86. The van der Waals surface area contributed by atoms with Crippen LogP contribution in [0.25, 0.3) is 0 Å². The Morgan fingerprint density at radius 2 is 2.38 bits per heavy atom. The van der Waals surface area contributed by atoms with Crippen molar-refractivity contribution in [2.45, 2.75) is 19.4 Å². The van der Waals surface area contributed by atoms with Gasteiger partial charge in [0.25, 0.3) is 0 Å². The fraction of sp³-hybridized carbons (Fsp3) is 0.500. The summed E-state index contributed by atoms with van der Waals surface area (Å²) in [5, 5.41) is 0. The van der Waals surface area contributed by atoms with E-state index in [1.807, 2.05) is 19.9 Å². The number of allylic oxidation sites excluding steroid dienone is 1. The first-order chi connectivity index (χ1) is 3.60. The maximum atomic E-state index is 5.64. The molecule has 0 bridgehead atoms. The van der Waals surface area contributed by atoms with Gasteiger partial charge in [-0.25, -0.2) is 0 Å². The van der Waals surface area contributed by atoms with Crippen LogP contribution in [0.3, 0.4) is 0 Å². The Morgan fingerprint density at radius 1 is 1.75 bits per heavy atom. The SMILES string of the molecule is CC1=CC(C)(N)C=N1. The molecule has 0 saturated heterocycles. The predicted octanol–water partition coefficient (Wildman–Crippen LogP) is 0.692. The molecule has 0 aromatic heterocycles. The zero-order valence-electron chi connectivity index (χ0n) is 5.18. The standard InChI is InChI=1S/C6H10N2/c1-5-3-6(2,7)4-8-5/h3-4H,7H2,1-2H3. The number of nitrogens with two attached hydrogens (primary N) is 1. The molecule has 0 aliphatic carbocycles. The molecule has 1 aliphatic rings. The Bertz CT molecular complexity index is 154. The minimum atomic E-state index is -0.288. The number of aliphatic imine (C=N–C) groups is 1. The number of hydrogen-bond donors (Lipinski definition) is 1. The van der Waals surface area contributed by atoms with Gasteiger partial charge in [-0.3, -0.25) is 4.99 Å². The monoisotopic (exact) mass is 110 g/mol. The molecule has 1 aliphatic heterocycles. The van der Waals surface area contributed by atoms with Crippen LogP contribution in [0.4, 0.5) is 0 Å². The van der Waals surface area contributed by atoms with Gasteiger partial charge in [-0.1, -0.05) is 0 Å². The fourth-order valence-electron chi connectivity index (χ4n) is 0.766. The van der Waals surface area contributed by atoms with Gasteiger partial charge in [-0.05, 0) is 19.9 Å². The van der Waals surface area contributed by atoms with Crippen molar-refractivity contribution in [3.63, 3.8) is 0 Å². The Balaban J connectivity index is 2.84. The van der Waals surface area contributed by atoms with Crippen LogP contribution in [0, 0.1) is 0 Å². The summed E-state index contributed by atoms with van der Waals surface area (Å²) in [6, 6.07) is 0. The quantitative estimate of drug-likeness (QED) is 0.489. The molecule has 44 valence electrons. The molecule has 0 amide bonds. The first-order valence-electron chi connectivity index (χ1n) is 2.64. The zero-order valence-corrected chi connectivity index (χ0v) is 5.18. The molecule has 0 aromatic rings. The van der Waals surface area contributed by atoms with Crippen LogP contribution in [0.2, 0.25) is 0 Å². The van der Waals surface area contributed by atoms with Gasteiger partial charge in [-0.2, -0.15) is 0 Å². The Kier molecular flexibility index (Phi) is 0.978. The van der Waals surface area contributed by atoms with Crippen molar-refractivity contribution in [3.8, 4) is 0 Å². The smallest absolute Gasteiger partial charge is 0.0690 e. The van der Waals surface area contributed by atoms with Crippen LogP contribution in [-0.4, -0.2) is 11.8 Å². The minimum absolute atomic E-state index is 0.288. The van der Waals surface area contributed by atoms with Crippen molar-refractivity contribution in [2.24, 2.45) is 10.7 Å². The van der Waals surface area contributed by atoms with E-state index in [1.165, 1.54) is 0 Å². The van der Waals surface area contributed by atoms with Crippen LogP contribution in [-0.2, 0) is 0 Å². The average Bonchev–Trinajstić information content (AvgIpc) is 1.82. The summed E-state index contributed by atoms with van der Waals surface area (Å²) >= 11 is 0. The second-order valence-corrected chi connectivity index (χ2v) is 2.41. The third-order valence-electron chi connectivity index (χ3n) is 1.07. The van der Waals surface area contributed by atoms with Crippen LogP contribution < -0.4 is 5.73 Å². The topological polar surface area (TPSA) is 38.4 Å². The molecule has 2 nitrogen and oxygen atoms in total. The number of hydrogen-bond acceptors (Lipinski definition) is 2. The van der Waals surface area contributed by atoms with Gasteiger partial charge >= 0.3 is 0 Å². The molecule has 0 spiro atoms. The summed E-state index contributed by atoms with van der Waals surface area (Å²) in [6.07, 6.45) is 3.69. The van der Waals surface area contributed by atoms with Crippen LogP contribution in [0.5, 0.6) is 0 Å². The first kappa shape index (κ1) is 5.51. The predicted molar refractivity (Wildman–Crippen MR) is 34.8 cm³/mol. The molecule has 0 radical (unpaired) electrons. The molecule has 1 heterocycles. The molecule has 0 fully saturated rings. The lowest BCUT2D eigenvalue weighted by atomic mass is 10.1. The van der Waals surface area contributed by atoms with E-state index in [0.717, 1.165) is 5.70 Å². The molecule has 0 saturated carbocycles. The van der Waals surface area contributed by atoms with Gasteiger partial charge in [0.05, 0.1) is 5.54 Å². The van der Waals surface area contributed by atoms with Gasteiger partial charge in [0.15, 0.2) is 0 Å². The van der Waals surface area contributed by atoms with Crippen molar-refractivity contribution in [3.05, 3.63) is 11.8 Å². The number of nitrogens with zero attached hydrogens (tertiary/aromatic N) is 1. The van der Waals surface area contributed by atoms with E-state index in [-0.39, 0.29) is 5.54 Å². The normalized spacial score (nSPS) is 35.6. The van der Waals surface area contributed by atoms with Crippen molar-refractivity contribution >= 4 is 6.21 Å². The lowest BCUT2D eigenvalue weighted by Crippen LogP contribution is -2.33. The van der Waals surface area contributed by atoms with Crippen LogP contribution in [0.1, 0.15) is 13.8 Å². The molecule has 0 aromatic carbocycles. The Morgan fingerprint density at radius 3 is 2.50 bits per heavy atom. The second-order valence-electron chi connectivity index (χ2n) is 2.41. The molecule has 1 rings (SSSR count). The summed E-state index contributed by atoms with van der Waals surface area (Å²) in [7, 11) is 0. The highest BCUT2D eigenvalue weighted by Crippen LogP contribution is 2.10. The fourth-order valence-corrected chi connectivity index (χ4v) is 0.766. The van der Waals surface area contributed by atoms with Gasteiger partial charge in [-0.15, -0.1) is 0 Å². The molecular weight excluding hydrogens is 100 g/mol. The van der Waals surface area contributed by atoms with Gasteiger partial charge in [0, 0.05) is 11.9 Å². The zero-order chi connectivity index (χ0) is 6.20. The molecular formula is C6H10N2. The lowest BCUT2D eigenvalue weighted by molar-refractivity contribution is 0.810. The highest BCUT2D eigenvalue weighted by atomic mass is 14.8. The van der Waals surface area contributed by atoms with E-state index in [4.69, 9.17) is 5.73 Å². The third-order valence-corrected chi connectivity index (χ3v) is 1.07. The van der Waals surface area contributed by atoms with Crippen molar-refractivity contribution < 1.29 is 0 Å². The van der Waals surface area contributed by atoms with Crippen molar-refractivity contribution in [2.75, 3.05) is 0 Å². The summed E-state index contributed by atoms with van der Waals surface area (Å²) in [5.74, 6) is 0. The maximum Gasteiger partial charge on any atom is 0.0690 e. The Hall–Kier alpha value is -0.630. The second kappa shape index (κ2) is 1.42. The minimum Gasteiger partial charge on any atom is -0.318 e. The maximum absolute atomic E-state index is 5.64. The van der Waals surface area contributed by atoms with Crippen LogP contribution in [0.15, 0.2) is 16.8 Å². The third kappa shape index (κ3) is 0.954. The molecule has 1 unspecified atom stereocenters. The van der Waals surface area contributed by atoms with Gasteiger partial charge in [0.1, 0.15) is 0 Å². The molecule has 2 heteroatoms. The van der Waals surface area contributed by atoms with Crippen molar-refractivity contribution in [1.82, 2.24) is 0 Å². The van der Waals surface area contributed by atoms with Gasteiger partial charge in [0.2, 0.25) is 0 Å². The lowest BCUT2D eigenvalue weighted by Gasteiger charge is -2.06.